The fourth-order valence-electron chi connectivity index (χ4n) is 4.64. The summed E-state index contributed by atoms with van der Waals surface area (Å²) in [6.45, 7) is 19.7. The number of hydrogen-bond acceptors (Lipinski definition) is 6. The Morgan fingerprint density at radius 3 is 2.17 bits per heavy atom. The fourth-order valence-corrected chi connectivity index (χ4v) is 10.3. The zero-order valence-electron chi connectivity index (χ0n) is 19.1. The molecule has 2 rings (SSSR count). The molecule has 1 aromatic rings. The van der Waals surface area contributed by atoms with Crippen LogP contribution in [-0.4, -0.2) is 57.8 Å². The van der Waals surface area contributed by atoms with Crippen molar-refractivity contribution in [2.24, 2.45) is 0 Å². The third-order valence-corrected chi connectivity index (χ3v) is 12.2. The van der Waals surface area contributed by atoms with Gasteiger partial charge in [-0.25, -0.2) is 9.97 Å². The van der Waals surface area contributed by atoms with Gasteiger partial charge in [-0.2, -0.15) is 0 Å². The number of rotatable bonds is 10. The average Bonchev–Trinajstić information content (AvgIpc) is 2.67. The van der Waals surface area contributed by atoms with E-state index in [0.717, 1.165) is 18.9 Å². The van der Waals surface area contributed by atoms with Crippen LogP contribution in [0.4, 0.5) is 5.82 Å². The van der Waals surface area contributed by atoms with Crippen LogP contribution in [0.2, 0.25) is 21.8 Å². The van der Waals surface area contributed by atoms with Crippen LogP contribution in [0, 0.1) is 0 Å². The van der Waals surface area contributed by atoms with Crippen molar-refractivity contribution in [2.45, 2.75) is 71.2 Å². The molecule has 1 atom stereocenters. The third kappa shape index (κ3) is 5.91. The van der Waals surface area contributed by atoms with Gasteiger partial charge in [0.1, 0.15) is 17.1 Å². The molecule has 2 heterocycles. The van der Waals surface area contributed by atoms with E-state index >= 15 is 0 Å². The molecule has 6 nitrogen and oxygen atoms in total. The van der Waals surface area contributed by atoms with Gasteiger partial charge in [-0.3, -0.25) is 0 Å². The number of halogens is 1. The van der Waals surface area contributed by atoms with E-state index in [2.05, 4.69) is 51.4 Å². The Bertz CT molecular complexity index is 618. The standard InChI is InChI=1S/C21H38ClN3O3Si/c1-8-27-18(14-28-29(15(2)3,16(4)5)17(6)7)21-23-19(22)13-20(24-21)25-9-11-26-12-10-25/h13,15-18H,8-12,14H2,1-7H3. The second-order valence-corrected chi connectivity index (χ2v) is 14.4. The Labute approximate surface area is 182 Å². The summed E-state index contributed by atoms with van der Waals surface area (Å²) in [6.07, 6.45) is -0.332. The minimum Gasteiger partial charge on any atom is -0.413 e. The first-order valence-corrected chi connectivity index (χ1v) is 13.4. The first-order valence-electron chi connectivity index (χ1n) is 10.8. The van der Waals surface area contributed by atoms with Crippen molar-refractivity contribution in [3.05, 3.63) is 17.0 Å². The van der Waals surface area contributed by atoms with Gasteiger partial charge < -0.3 is 18.8 Å². The lowest BCUT2D eigenvalue weighted by atomic mass is 10.3. The summed E-state index contributed by atoms with van der Waals surface area (Å²) >= 11 is 6.36. The van der Waals surface area contributed by atoms with Gasteiger partial charge in [0.05, 0.1) is 19.8 Å². The highest BCUT2D eigenvalue weighted by Crippen LogP contribution is 2.42. The molecule has 0 bridgehead atoms. The van der Waals surface area contributed by atoms with Gasteiger partial charge in [0.25, 0.3) is 0 Å². The molecular formula is C21H38ClN3O3Si. The topological polar surface area (TPSA) is 56.7 Å². The van der Waals surface area contributed by atoms with E-state index < -0.39 is 8.32 Å². The Morgan fingerprint density at radius 1 is 1.07 bits per heavy atom. The molecule has 0 aromatic carbocycles. The molecule has 1 unspecified atom stereocenters. The lowest BCUT2D eigenvalue weighted by Crippen LogP contribution is -2.48. The van der Waals surface area contributed by atoms with E-state index in [9.17, 15) is 0 Å². The van der Waals surface area contributed by atoms with Gasteiger partial charge in [-0.05, 0) is 23.5 Å². The monoisotopic (exact) mass is 443 g/mol. The molecule has 0 aliphatic carbocycles. The van der Waals surface area contributed by atoms with Crippen molar-refractivity contribution in [3.63, 3.8) is 0 Å². The van der Waals surface area contributed by atoms with Crippen molar-refractivity contribution < 1.29 is 13.9 Å². The van der Waals surface area contributed by atoms with Gasteiger partial charge >= 0.3 is 0 Å². The van der Waals surface area contributed by atoms with E-state index in [1.807, 2.05) is 13.0 Å². The van der Waals surface area contributed by atoms with Crippen LogP contribution >= 0.6 is 11.6 Å². The summed E-state index contributed by atoms with van der Waals surface area (Å²) in [6, 6.07) is 1.82. The second-order valence-electron chi connectivity index (χ2n) is 8.58. The van der Waals surface area contributed by atoms with Crippen LogP contribution in [0.1, 0.15) is 60.4 Å². The number of hydrogen-bond donors (Lipinski definition) is 0. The first-order chi connectivity index (χ1) is 13.7. The van der Waals surface area contributed by atoms with Crippen molar-refractivity contribution in [1.82, 2.24) is 9.97 Å². The van der Waals surface area contributed by atoms with E-state index in [1.54, 1.807) is 0 Å². The van der Waals surface area contributed by atoms with E-state index in [0.29, 0.717) is 54.0 Å². The van der Waals surface area contributed by atoms with E-state index in [1.165, 1.54) is 0 Å². The maximum absolute atomic E-state index is 6.77. The van der Waals surface area contributed by atoms with E-state index in [-0.39, 0.29) is 6.10 Å². The summed E-state index contributed by atoms with van der Waals surface area (Å²) in [5, 5.41) is 0.432. The Morgan fingerprint density at radius 2 is 1.66 bits per heavy atom. The Balaban J connectivity index is 2.27. The van der Waals surface area contributed by atoms with Gasteiger partial charge in [-0.15, -0.1) is 0 Å². The fraction of sp³-hybridized carbons (Fsp3) is 0.810. The van der Waals surface area contributed by atoms with E-state index in [4.69, 9.17) is 30.5 Å². The zero-order chi connectivity index (χ0) is 21.6. The quantitative estimate of drug-likeness (QED) is 0.364. The minimum atomic E-state index is -2.01. The summed E-state index contributed by atoms with van der Waals surface area (Å²) in [5.74, 6) is 1.42. The van der Waals surface area contributed by atoms with Crippen LogP contribution in [0.15, 0.2) is 6.07 Å². The summed E-state index contributed by atoms with van der Waals surface area (Å²) in [7, 11) is -2.01. The van der Waals surface area contributed by atoms with Crippen molar-refractivity contribution >= 4 is 25.7 Å². The molecule has 166 valence electrons. The van der Waals surface area contributed by atoms with Gasteiger partial charge in [0, 0.05) is 25.8 Å². The average molecular weight is 444 g/mol. The Hall–Kier alpha value is -0.733. The molecule has 1 saturated heterocycles. The molecule has 1 fully saturated rings. The van der Waals surface area contributed by atoms with Crippen molar-refractivity contribution in [3.8, 4) is 0 Å². The van der Waals surface area contributed by atoms with Gasteiger partial charge in [0.2, 0.25) is 0 Å². The van der Waals surface area contributed by atoms with Crippen molar-refractivity contribution in [2.75, 3.05) is 44.4 Å². The normalized spacial score (nSPS) is 16.9. The summed E-state index contributed by atoms with van der Waals surface area (Å²) in [4.78, 5) is 11.5. The summed E-state index contributed by atoms with van der Waals surface area (Å²) in [5.41, 5.74) is 1.52. The number of anilines is 1. The molecule has 1 aromatic heterocycles. The van der Waals surface area contributed by atoms with Crippen LogP contribution in [0.5, 0.6) is 0 Å². The molecule has 0 amide bonds. The number of aromatic nitrogens is 2. The minimum absolute atomic E-state index is 0.332. The van der Waals surface area contributed by atoms with Crippen LogP contribution in [-0.2, 0) is 13.9 Å². The van der Waals surface area contributed by atoms with Crippen LogP contribution in [0.25, 0.3) is 0 Å². The number of morpholine rings is 1. The molecule has 0 radical (unpaired) electrons. The maximum atomic E-state index is 6.77. The predicted molar refractivity (Wildman–Crippen MR) is 121 cm³/mol. The first kappa shape index (κ1) is 24.5. The lowest BCUT2D eigenvalue weighted by molar-refractivity contribution is 0.0159. The SMILES string of the molecule is CCOC(CO[Si](C(C)C)(C(C)C)C(C)C)c1nc(Cl)cc(N2CCOCC2)n1. The van der Waals surface area contributed by atoms with Crippen molar-refractivity contribution in [1.29, 1.82) is 0 Å². The molecular weight excluding hydrogens is 406 g/mol. The van der Waals surface area contributed by atoms with Crippen LogP contribution in [0.3, 0.4) is 0 Å². The largest absolute Gasteiger partial charge is 0.413 e. The Kier molecular flexibility index (Phi) is 9.35. The second kappa shape index (κ2) is 11.0. The molecule has 0 saturated carbocycles. The predicted octanol–water partition coefficient (Wildman–Crippen LogP) is 5.24. The lowest BCUT2D eigenvalue weighted by Gasteiger charge is -2.42. The maximum Gasteiger partial charge on any atom is 0.200 e. The molecule has 0 spiro atoms. The zero-order valence-corrected chi connectivity index (χ0v) is 20.8. The van der Waals surface area contributed by atoms with Gasteiger partial charge in [0.15, 0.2) is 14.1 Å². The third-order valence-electron chi connectivity index (χ3n) is 5.88. The highest BCUT2D eigenvalue weighted by atomic mass is 35.5. The molecule has 1 aliphatic heterocycles. The smallest absolute Gasteiger partial charge is 0.200 e. The van der Waals surface area contributed by atoms with Crippen LogP contribution < -0.4 is 4.90 Å². The highest BCUT2D eigenvalue weighted by molar-refractivity contribution is 6.77. The molecule has 1 aliphatic rings. The molecule has 0 N–H and O–H groups in total. The highest BCUT2D eigenvalue weighted by Gasteiger charge is 2.45. The number of ether oxygens (including phenoxy) is 2. The number of nitrogens with zero attached hydrogens (tertiary/aromatic N) is 3. The molecule has 29 heavy (non-hydrogen) atoms. The molecule has 8 heteroatoms. The van der Waals surface area contributed by atoms with Gasteiger partial charge in [-0.1, -0.05) is 53.1 Å². The summed E-state index contributed by atoms with van der Waals surface area (Å²) < 4.78 is 18.2.